The van der Waals surface area contributed by atoms with Crippen molar-refractivity contribution in [2.75, 3.05) is 27.2 Å². The van der Waals surface area contributed by atoms with Gasteiger partial charge in [-0.15, -0.1) is 0 Å². The van der Waals surface area contributed by atoms with E-state index in [1.54, 1.807) is 0 Å². The summed E-state index contributed by atoms with van der Waals surface area (Å²) in [6, 6.07) is 7.84. The number of hydrogen-bond acceptors (Lipinski definition) is 3. The van der Waals surface area contributed by atoms with Crippen LogP contribution in [-0.4, -0.2) is 43.3 Å². The number of urea groups is 1. The lowest BCUT2D eigenvalue weighted by molar-refractivity contribution is 0.234. The van der Waals surface area contributed by atoms with Gasteiger partial charge in [0, 0.05) is 19.6 Å². The first kappa shape index (κ1) is 14.5. The molecule has 5 nitrogen and oxygen atoms in total. The lowest BCUT2D eigenvalue weighted by Gasteiger charge is -2.11. The molecule has 2 amide bonds. The Labute approximate surface area is 108 Å². The zero-order chi connectivity index (χ0) is 13.4. The summed E-state index contributed by atoms with van der Waals surface area (Å²) in [5.41, 5.74) is 2.28. The number of aliphatic hydroxyl groups excluding tert-OH is 1. The van der Waals surface area contributed by atoms with Gasteiger partial charge < -0.3 is 20.6 Å². The number of carbonyl (C=O) groups excluding carboxylic acids is 1. The molecule has 100 valence electrons. The van der Waals surface area contributed by atoms with E-state index < -0.39 is 0 Å². The van der Waals surface area contributed by atoms with Gasteiger partial charge in [0.15, 0.2) is 0 Å². The van der Waals surface area contributed by atoms with Gasteiger partial charge in [-0.3, -0.25) is 0 Å². The van der Waals surface area contributed by atoms with E-state index in [0.717, 1.165) is 12.1 Å². The number of amides is 2. The highest BCUT2D eigenvalue weighted by atomic mass is 16.3. The fourth-order valence-corrected chi connectivity index (χ4v) is 1.62. The van der Waals surface area contributed by atoms with Gasteiger partial charge >= 0.3 is 6.03 Å². The van der Waals surface area contributed by atoms with E-state index >= 15 is 0 Å². The fraction of sp³-hybridized carbons (Fsp3) is 0.462. The number of hydrogen-bond donors (Lipinski definition) is 3. The van der Waals surface area contributed by atoms with E-state index in [-0.39, 0.29) is 19.2 Å². The van der Waals surface area contributed by atoms with Crippen LogP contribution in [0, 0.1) is 0 Å². The molecule has 0 aliphatic heterocycles. The second-order valence-corrected chi connectivity index (χ2v) is 4.39. The van der Waals surface area contributed by atoms with Gasteiger partial charge in [0.2, 0.25) is 0 Å². The van der Waals surface area contributed by atoms with Crippen LogP contribution in [-0.2, 0) is 13.1 Å². The smallest absolute Gasteiger partial charge is 0.315 e. The first-order chi connectivity index (χ1) is 8.61. The molecule has 0 unspecified atom stereocenters. The molecular weight excluding hydrogens is 230 g/mol. The molecule has 0 aliphatic rings. The Morgan fingerprint density at radius 1 is 1.28 bits per heavy atom. The third-order valence-corrected chi connectivity index (χ3v) is 2.34. The fourth-order valence-electron chi connectivity index (χ4n) is 1.62. The molecule has 0 saturated carbocycles. The molecule has 3 N–H and O–H groups in total. The van der Waals surface area contributed by atoms with E-state index in [1.807, 2.05) is 26.2 Å². The molecule has 1 aromatic carbocycles. The molecule has 1 rings (SSSR count). The molecule has 0 aliphatic carbocycles. The molecule has 0 fully saturated rings. The third-order valence-electron chi connectivity index (χ3n) is 2.34. The maximum absolute atomic E-state index is 11.3. The van der Waals surface area contributed by atoms with Gasteiger partial charge in [0.05, 0.1) is 6.61 Å². The molecule has 5 heteroatoms. The molecular formula is C13H21N3O2. The van der Waals surface area contributed by atoms with Gasteiger partial charge in [0.25, 0.3) is 0 Å². The number of benzene rings is 1. The monoisotopic (exact) mass is 251 g/mol. The number of carbonyl (C=O) groups is 1. The lowest BCUT2D eigenvalue weighted by atomic mass is 10.1. The second-order valence-electron chi connectivity index (χ2n) is 4.39. The van der Waals surface area contributed by atoms with E-state index in [1.165, 1.54) is 5.56 Å². The number of nitrogens with one attached hydrogen (secondary N) is 2. The number of aliphatic hydroxyl groups is 1. The van der Waals surface area contributed by atoms with Crippen LogP contribution in [0.1, 0.15) is 11.1 Å². The van der Waals surface area contributed by atoms with Crippen LogP contribution in [0.25, 0.3) is 0 Å². The molecule has 0 aromatic heterocycles. The zero-order valence-electron chi connectivity index (χ0n) is 10.9. The molecule has 0 atom stereocenters. The lowest BCUT2D eigenvalue weighted by Crippen LogP contribution is -2.36. The van der Waals surface area contributed by atoms with Gasteiger partial charge in [-0.2, -0.15) is 0 Å². The Balaban J connectivity index is 2.44. The summed E-state index contributed by atoms with van der Waals surface area (Å²) in [5, 5.41) is 13.9. The van der Waals surface area contributed by atoms with E-state index in [9.17, 15) is 4.79 Å². The average molecular weight is 251 g/mol. The predicted molar refractivity (Wildman–Crippen MR) is 71.2 cm³/mol. The summed E-state index contributed by atoms with van der Waals surface area (Å²) < 4.78 is 0. The largest absolute Gasteiger partial charge is 0.395 e. The van der Waals surface area contributed by atoms with Gasteiger partial charge in [0.1, 0.15) is 0 Å². The predicted octanol–water partition coefficient (Wildman–Crippen LogP) is 0.540. The minimum atomic E-state index is -0.262. The van der Waals surface area contributed by atoms with Crippen molar-refractivity contribution in [3.05, 3.63) is 35.4 Å². The Morgan fingerprint density at radius 3 is 2.67 bits per heavy atom. The van der Waals surface area contributed by atoms with E-state index in [0.29, 0.717) is 6.54 Å². The molecule has 0 spiro atoms. The average Bonchev–Trinajstić information content (AvgIpc) is 2.33. The minimum absolute atomic E-state index is 0.0499. The van der Waals surface area contributed by atoms with Crippen molar-refractivity contribution in [1.29, 1.82) is 0 Å². The second kappa shape index (κ2) is 7.68. The number of rotatable bonds is 6. The highest BCUT2D eigenvalue weighted by Gasteiger charge is 2.01. The summed E-state index contributed by atoms with van der Waals surface area (Å²) in [7, 11) is 4.04. The summed E-state index contributed by atoms with van der Waals surface area (Å²) >= 11 is 0. The minimum Gasteiger partial charge on any atom is -0.395 e. The highest BCUT2D eigenvalue weighted by molar-refractivity contribution is 5.73. The molecule has 18 heavy (non-hydrogen) atoms. The topological polar surface area (TPSA) is 64.6 Å². The van der Waals surface area contributed by atoms with Crippen molar-refractivity contribution in [1.82, 2.24) is 15.5 Å². The van der Waals surface area contributed by atoms with Crippen LogP contribution in [0.5, 0.6) is 0 Å². The summed E-state index contributed by atoms with van der Waals surface area (Å²) in [6.07, 6.45) is 0. The molecule has 1 aromatic rings. The Morgan fingerprint density at radius 2 is 2.00 bits per heavy atom. The number of nitrogens with zero attached hydrogens (tertiary/aromatic N) is 1. The van der Waals surface area contributed by atoms with Crippen molar-refractivity contribution >= 4 is 6.03 Å². The van der Waals surface area contributed by atoms with Crippen molar-refractivity contribution < 1.29 is 9.90 Å². The van der Waals surface area contributed by atoms with Gasteiger partial charge in [-0.05, 0) is 25.2 Å². The van der Waals surface area contributed by atoms with E-state index in [2.05, 4.69) is 27.7 Å². The van der Waals surface area contributed by atoms with E-state index in [4.69, 9.17) is 5.11 Å². The zero-order valence-corrected chi connectivity index (χ0v) is 10.9. The first-order valence-corrected chi connectivity index (χ1v) is 5.97. The summed E-state index contributed by atoms with van der Waals surface area (Å²) in [5.74, 6) is 0. The van der Waals surface area contributed by atoms with Crippen LogP contribution >= 0.6 is 0 Å². The van der Waals surface area contributed by atoms with Gasteiger partial charge in [-0.25, -0.2) is 4.79 Å². The van der Waals surface area contributed by atoms with Gasteiger partial charge in [-0.1, -0.05) is 24.3 Å². The van der Waals surface area contributed by atoms with Crippen LogP contribution in [0.3, 0.4) is 0 Å². The molecule has 0 bridgehead atoms. The van der Waals surface area contributed by atoms with Crippen molar-refractivity contribution in [2.45, 2.75) is 13.1 Å². The quantitative estimate of drug-likeness (QED) is 0.691. The Kier molecular flexibility index (Phi) is 6.18. The first-order valence-electron chi connectivity index (χ1n) is 5.97. The normalized spacial score (nSPS) is 10.4. The third kappa shape index (κ3) is 5.65. The van der Waals surface area contributed by atoms with Crippen molar-refractivity contribution in [3.8, 4) is 0 Å². The van der Waals surface area contributed by atoms with Crippen LogP contribution in [0.15, 0.2) is 24.3 Å². The Hall–Kier alpha value is -1.59. The summed E-state index contributed by atoms with van der Waals surface area (Å²) in [4.78, 5) is 13.4. The summed E-state index contributed by atoms with van der Waals surface area (Å²) in [6.45, 7) is 1.58. The maximum atomic E-state index is 11.3. The molecule has 0 saturated heterocycles. The maximum Gasteiger partial charge on any atom is 0.315 e. The molecule has 0 radical (unpaired) electrons. The van der Waals surface area contributed by atoms with Crippen LogP contribution < -0.4 is 10.6 Å². The van der Waals surface area contributed by atoms with Crippen LogP contribution in [0.2, 0.25) is 0 Å². The standard InChI is InChI=1S/C13H21N3O2/c1-16(2)10-12-5-3-4-11(8-12)9-15-13(18)14-6-7-17/h3-5,8,17H,6-7,9-10H2,1-2H3,(H2,14,15,18). The highest BCUT2D eigenvalue weighted by Crippen LogP contribution is 2.06. The van der Waals surface area contributed by atoms with Crippen molar-refractivity contribution in [3.63, 3.8) is 0 Å². The Bertz CT molecular complexity index is 380. The molecule has 0 heterocycles. The SMILES string of the molecule is CN(C)Cc1cccc(CNC(=O)NCCO)c1. The van der Waals surface area contributed by atoms with Crippen molar-refractivity contribution in [2.24, 2.45) is 0 Å². The van der Waals surface area contributed by atoms with Crippen LogP contribution in [0.4, 0.5) is 4.79 Å².